The van der Waals surface area contributed by atoms with Gasteiger partial charge in [-0.1, -0.05) is 0 Å². The Hall–Kier alpha value is -1.40. The summed E-state index contributed by atoms with van der Waals surface area (Å²) in [5.74, 6) is 0.639. The number of rotatable bonds is 3. The summed E-state index contributed by atoms with van der Waals surface area (Å²) in [6.45, 7) is 8.38. The number of morpholine rings is 1. The number of aryl methyl sites for hydroxylation is 1. The van der Waals surface area contributed by atoms with Crippen LogP contribution in [0.2, 0.25) is 0 Å². The Morgan fingerprint density at radius 2 is 2.24 bits per heavy atom. The van der Waals surface area contributed by atoms with Crippen LogP contribution in [0.15, 0.2) is 6.33 Å². The highest BCUT2D eigenvalue weighted by Crippen LogP contribution is 2.20. The third kappa shape index (κ3) is 3.44. The molecule has 6 heteroatoms. The summed E-state index contributed by atoms with van der Waals surface area (Å²) in [5.41, 5.74) is 1.43. The number of imidazole rings is 1. The van der Waals surface area contributed by atoms with Gasteiger partial charge in [0.2, 0.25) is 0 Å². The SMILES string of the molecule is Cc1[nH]cnc1C(=O)N1CCC[C@H](CN2CCOCC2)C1. The van der Waals surface area contributed by atoms with E-state index in [-0.39, 0.29) is 5.91 Å². The van der Waals surface area contributed by atoms with Gasteiger partial charge in [-0.25, -0.2) is 4.98 Å². The smallest absolute Gasteiger partial charge is 0.274 e. The van der Waals surface area contributed by atoms with Crippen LogP contribution in [0.25, 0.3) is 0 Å². The van der Waals surface area contributed by atoms with Crippen molar-refractivity contribution in [3.05, 3.63) is 17.7 Å². The number of carbonyl (C=O) groups excluding carboxylic acids is 1. The number of carbonyl (C=O) groups is 1. The highest BCUT2D eigenvalue weighted by Gasteiger charge is 2.27. The van der Waals surface area contributed by atoms with Gasteiger partial charge in [0.15, 0.2) is 0 Å². The summed E-state index contributed by atoms with van der Waals surface area (Å²) in [7, 11) is 0. The largest absolute Gasteiger partial charge is 0.379 e. The second kappa shape index (κ2) is 6.58. The molecule has 0 unspecified atom stereocenters. The molecule has 2 fully saturated rings. The number of aromatic nitrogens is 2. The van der Waals surface area contributed by atoms with Crippen molar-refractivity contribution in [1.82, 2.24) is 19.8 Å². The van der Waals surface area contributed by atoms with Gasteiger partial charge in [0.05, 0.1) is 19.5 Å². The van der Waals surface area contributed by atoms with Gasteiger partial charge in [0.25, 0.3) is 5.91 Å². The van der Waals surface area contributed by atoms with Gasteiger partial charge in [-0.2, -0.15) is 0 Å². The second-order valence-electron chi connectivity index (χ2n) is 6.05. The van der Waals surface area contributed by atoms with Gasteiger partial charge in [-0.3, -0.25) is 9.69 Å². The minimum absolute atomic E-state index is 0.0698. The summed E-state index contributed by atoms with van der Waals surface area (Å²) in [6, 6.07) is 0. The zero-order valence-corrected chi connectivity index (χ0v) is 12.7. The number of likely N-dealkylation sites (tertiary alicyclic amines) is 1. The van der Waals surface area contributed by atoms with E-state index in [9.17, 15) is 4.79 Å². The van der Waals surface area contributed by atoms with E-state index >= 15 is 0 Å². The molecule has 0 aliphatic carbocycles. The summed E-state index contributed by atoms with van der Waals surface area (Å²) in [6.07, 6.45) is 3.89. The quantitative estimate of drug-likeness (QED) is 0.899. The van der Waals surface area contributed by atoms with E-state index in [4.69, 9.17) is 4.74 Å². The van der Waals surface area contributed by atoms with Crippen LogP contribution in [-0.4, -0.2) is 71.6 Å². The number of hydrogen-bond acceptors (Lipinski definition) is 4. The van der Waals surface area contributed by atoms with Crippen LogP contribution in [0.4, 0.5) is 0 Å². The van der Waals surface area contributed by atoms with Crippen molar-refractivity contribution in [2.24, 2.45) is 5.92 Å². The lowest BCUT2D eigenvalue weighted by atomic mass is 9.97. The van der Waals surface area contributed by atoms with Crippen molar-refractivity contribution in [1.29, 1.82) is 0 Å². The number of aromatic amines is 1. The standard InChI is InChI=1S/C15H24N4O2/c1-12-14(17-11-16-12)15(20)19-4-2-3-13(10-19)9-18-5-7-21-8-6-18/h11,13H,2-10H2,1H3,(H,16,17)/t13-/m1/s1. The van der Waals surface area contributed by atoms with Gasteiger partial charge >= 0.3 is 0 Å². The predicted octanol–water partition coefficient (Wildman–Crippen LogP) is 0.903. The average Bonchev–Trinajstić information content (AvgIpc) is 2.94. The van der Waals surface area contributed by atoms with Crippen LogP contribution < -0.4 is 0 Å². The molecular formula is C15H24N4O2. The fourth-order valence-electron chi connectivity index (χ4n) is 3.27. The van der Waals surface area contributed by atoms with E-state index in [2.05, 4.69) is 14.9 Å². The van der Waals surface area contributed by atoms with E-state index < -0.39 is 0 Å². The van der Waals surface area contributed by atoms with Crippen LogP contribution in [0, 0.1) is 12.8 Å². The van der Waals surface area contributed by atoms with Gasteiger partial charge in [-0.05, 0) is 25.7 Å². The summed E-state index contributed by atoms with van der Waals surface area (Å²) < 4.78 is 5.39. The van der Waals surface area contributed by atoms with Crippen molar-refractivity contribution in [2.75, 3.05) is 45.9 Å². The third-order valence-corrected chi connectivity index (χ3v) is 4.46. The highest BCUT2D eigenvalue weighted by molar-refractivity contribution is 5.93. The number of hydrogen-bond donors (Lipinski definition) is 1. The van der Waals surface area contributed by atoms with E-state index in [1.807, 2.05) is 11.8 Å². The lowest BCUT2D eigenvalue weighted by molar-refractivity contribution is 0.0223. The van der Waals surface area contributed by atoms with E-state index in [1.165, 1.54) is 6.42 Å². The average molecular weight is 292 g/mol. The Labute approximate surface area is 125 Å². The Bertz CT molecular complexity index is 482. The molecule has 0 spiro atoms. The fraction of sp³-hybridized carbons (Fsp3) is 0.733. The normalized spacial score (nSPS) is 24.2. The van der Waals surface area contributed by atoms with Crippen LogP contribution >= 0.6 is 0 Å². The Kier molecular flexibility index (Phi) is 4.55. The third-order valence-electron chi connectivity index (χ3n) is 4.46. The summed E-state index contributed by atoms with van der Waals surface area (Å²) in [5, 5.41) is 0. The molecule has 21 heavy (non-hydrogen) atoms. The topological polar surface area (TPSA) is 61.5 Å². The maximum atomic E-state index is 12.5. The van der Waals surface area contributed by atoms with Crippen molar-refractivity contribution in [3.8, 4) is 0 Å². The number of H-pyrrole nitrogens is 1. The first-order chi connectivity index (χ1) is 10.2. The van der Waals surface area contributed by atoms with E-state index in [0.29, 0.717) is 11.6 Å². The molecule has 1 atom stereocenters. The predicted molar refractivity (Wildman–Crippen MR) is 79.2 cm³/mol. The molecule has 6 nitrogen and oxygen atoms in total. The Balaban J connectivity index is 1.57. The first-order valence-electron chi connectivity index (χ1n) is 7.83. The molecule has 0 saturated carbocycles. The summed E-state index contributed by atoms with van der Waals surface area (Å²) in [4.78, 5) is 24.1. The lowest BCUT2D eigenvalue weighted by Gasteiger charge is -2.36. The van der Waals surface area contributed by atoms with E-state index in [0.717, 1.165) is 58.1 Å². The molecule has 2 saturated heterocycles. The highest BCUT2D eigenvalue weighted by atomic mass is 16.5. The number of nitrogens with zero attached hydrogens (tertiary/aromatic N) is 3. The van der Waals surface area contributed by atoms with Crippen molar-refractivity contribution < 1.29 is 9.53 Å². The minimum Gasteiger partial charge on any atom is -0.379 e. The second-order valence-corrected chi connectivity index (χ2v) is 6.05. The van der Waals surface area contributed by atoms with Gasteiger partial charge < -0.3 is 14.6 Å². The minimum atomic E-state index is 0.0698. The van der Waals surface area contributed by atoms with Crippen LogP contribution in [-0.2, 0) is 4.74 Å². The molecule has 1 N–H and O–H groups in total. The molecular weight excluding hydrogens is 268 g/mol. The molecule has 3 heterocycles. The van der Waals surface area contributed by atoms with Crippen LogP contribution in [0.5, 0.6) is 0 Å². The maximum Gasteiger partial charge on any atom is 0.274 e. The molecule has 2 aliphatic heterocycles. The van der Waals surface area contributed by atoms with Crippen LogP contribution in [0.3, 0.4) is 0 Å². The van der Waals surface area contributed by atoms with Gasteiger partial charge in [-0.15, -0.1) is 0 Å². The first kappa shape index (κ1) is 14.5. The van der Waals surface area contributed by atoms with Crippen LogP contribution in [0.1, 0.15) is 29.0 Å². The molecule has 0 aromatic carbocycles. The van der Waals surface area contributed by atoms with Gasteiger partial charge in [0, 0.05) is 38.4 Å². The molecule has 1 aromatic rings. The number of nitrogens with one attached hydrogen (secondary N) is 1. The Morgan fingerprint density at radius 1 is 1.43 bits per heavy atom. The molecule has 1 amide bonds. The molecule has 3 rings (SSSR count). The van der Waals surface area contributed by atoms with Gasteiger partial charge in [0.1, 0.15) is 5.69 Å². The molecule has 116 valence electrons. The number of amides is 1. The Morgan fingerprint density at radius 3 is 2.95 bits per heavy atom. The van der Waals surface area contributed by atoms with Crippen molar-refractivity contribution >= 4 is 5.91 Å². The maximum absolute atomic E-state index is 12.5. The molecule has 1 aromatic heterocycles. The zero-order chi connectivity index (χ0) is 14.7. The van der Waals surface area contributed by atoms with Crippen molar-refractivity contribution in [3.63, 3.8) is 0 Å². The monoisotopic (exact) mass is 292 g/mol. The molecule has 0 bridgehead atoms. The zero-order valence-electron chi connectivity index (χ0n) is 12.7. The molecule has 2 aliphatic rings. The summed E-state index contributed by atoms with van der Waals surface area (Å²) >= 11 is 0. The lowest BCUT2D eigenvalue weighted by Crippen LogP contribution is -2.46. The van der Waals surface area contributed by atoms with Crippen molar-refractivity contribution in [2.45, 2.75) is 19.8 Å². The first-order valence-corrected chi connectivity index (χ1v) is 7.83. The molecule has 0 radical (unpaired) electrons. The van der Waals surface area contributed by atoms with E-state index in [1.54, 1.807) is 6.33 Å². The fourth-order valence-corrected chi connectivity index (χ4v) is 3.27. The number of ether oxygens (including phenoxy) is 1. The number of piperidine rings is 1.